The number of nitrogen functional groups attached to an aromatic ring is 1. The van der Waals surface area contributed by atoms with E-state index in [-0.39, 0.29) is 5.78 Å². The largest absolute Gasteiger partial charge is 0.497 e. The van der Waals surface area contributed by atoms with E-state index in [9.17, 15) is 4.79 Å². The minimum Gasteiger partial charge on any atom is -0.497 e. The molecule has 92 valence electrons. The van der Waals surface area contributed by atoms with E-state index in [1.165, 1.54) is 0 Å². The van der Waals surface area contributed by atoms with Gasteiger partial charge in [-0.2, -0.15) is 0 Å². The highest BCUT2D eigenvalue weighted by atomic mass is 16.5. The fourth-order valence-electron chi connectivity index (χ4n) is 1.80. The Balaban J connectivity index is 2.44. The van der Waals surface area contributed by atoms with E-state index in [1.54, 1.807) is 37.4 Å². The van der Waals surface area contributed by atoms with Gasteiger partial charge >= 0.3 is 0 Å². The van der Waals surface area contributed by atoms with Gasteiger partial charge < -0.3 is 10.5 Å². The van der Waals surface area contributed by atoms with Crippen molar-refractivity contribution >= 4 is 11.5 Å². The van der Waals surface area contributed by atoms with Crippen molar-refractivity contribution in [1.29, 1.82) is 0 Å². The molecule has 2 N–H and O–H groups in total. The molecule has 0 radical (unpaired) electrons. The lowest BCUT2D eigenvalue weighted by Gasteiger charge is -2.08. The first-order valence-electron chi connectivity index (χ1n) is 5.67. The molecule has 0 aliphatic heterocycles. The van der Waals surface area contributed by atoms with Crippen molar-refractivity contribution < 1.29 is 9.53 Å². The number of para-hydroxylation sites is 1. The zero-order valence-corrected chi connectivity index (χ0v) is 10.4. The molecular weight excluding hydrogens is 226 g/mol. The van der Waals surface area contributed by atoms with E-state index in [2.05, 4.69) is 0 Å². The third kappa shape index (κ3) is 2.20. The molecule has 0 aliphatic rings. The van der Waals surface area contributed by atoms with Crippen molar-refractivity contribution in [3.8, 4) is 5.75 Å². The fourth-order valence-corrected chi connectivity index (χ4v) is 1.80. The second-order valence-corrected chi connectivity index (χ2v) is 4.10. The molecule has 18 heavy (non-hydrogen) atoms. The number of carbonyl (C=O) groups is 1. The summed E-state index contributed by atoms with van der Waals surface area (Å²) < 4.78 is 5.11. The lowest BCUT2D eigenvalue weighted by atomic mass is 9.99. The van der Waals surface area contributed by atoms with Gasteiger partial charge in [0.15, 0.2) is 5.78 Å². The summed E-state index contributed by atoms with van der Waals surface area (Å²) in [5.74, 6) is 0.571. The second-order valence-electron chi connectivity index (χ2n) is 4.10. The zero-order chi connectivity index (χ0) is 13.1. The Bertz CT molecular complexity index is 591. The number of nitrogens with two attached hydrogens (primary N) is 1. The minimum absolute atomic E-state index is 0.0879. The minimum atomic E-state index is -0.0879. The summed E-state index contributed by atoms with van der Waals surface area (Å²) in [4.78, 5) is 12.4. The summed E-state index contributed by atoms with van der Waals surface area (Å²) in [6, 6.07) is 12.5. The number of hydrogen-bond acceptors (Lipinski definition) is 3. The summed E-state index contributed by atoms with van der Waals surface area (Å²) in [7, 11) is 1.57. The molecule has 0 amide bonds. The van der Waals surface area contributed by atoms with Crippen LogP contribution in [0.3, 0.4) is 0 Å². The topological polar surface area (TPSA) is 52.3 Å². The average Bonchev–Trinajstić information content (AvgIpc) is 2.41. The van der Waals surface area contributed by atoms with Gasteiger partial charge in [0.25, 0.3) is 0 Å². The van der Waals surface area contributed by atoms with Crippen molar-refractivity contribution in [1.82, 2.24) is 0 Å². The molecule has 0 bridgehead atoms. The number of benzene rings is 2. The molecular formula is C15H15NO2. The quantitative estimate of drug-likeness (QED) is 0.664. The lowest BCUT2D eigenvalue weighted by Crippen LogP contribution is -2.06. The summed E-state index contributed by atoms with van der Waals surface area (Å²) in [5, 5.41) is 0. The van der Waals surface area contributed by atoms with Gasteiger partial charge in [0.1, 0.15) is 5.75 Å². The zero-order valence-electron chi connectivity index (χ0n) is 10.4. The predicted molar refractivity (Wildman–Crippen MR) is 72.0 cm³/mol. The maximum absolute atomic E-state index is 12.4. The summed E-state index contributed by atoms with van der Waals surface area (Å²) >= 11 is 0. The Morgan fingerprint density at radius 3 is 2.61 bits per heavy atom. The maximum Gasteiger partial charge on any atom is 0.195 e. The molecule has 2 aromatic rings. The number of carbonyl (C=O) groups excluding carboxylic acids is 1. The van der Waals surface area contributed by atoms with E-state index in [4.69, 9.17) is 10.5 Å². The summed E-state index contributed by atoms with van der Waals surface area (Å²) in [6.07, 6.45) is 0. The SMILES string of the molecule is COc1cccc(C(=O)c2cccc(C)c2N)c1. The third-order valence-electron chi connectivity index (χ3n) is 2.90. The van der Waals surface area contributed by atoms with Gasteiger partial charge in [-0.15, -0.1) is 0 Å². The van der Waals surface area contributed by atoms with E-state index in [1.807, 2.05) is 19.1 Å². The molecule has 2 rings (SSSR count). The van der Waals surface area contributed by atoms with Gasteiger partial charge in [0.2, 0.25) is 0 Å². The van der Waals surface area contributed by atoms with Gasteiger partial charge in [-0.05, 0) is 30.7 Å². The smallest absolute Gasteiger partial charge is 0.195 e. The molecule has 0 fully saturated rings. The number of anilines is 1. The van der Waals surface area contributed by atoms with E-state index in [0.717, 1.165) is 5.56 Å². The first-order valence-corrected chi connectivity index (χ1v) is 5.67. The molecule has 0 aliphatic carbocycles. The van der Waals surface area contributed by atoms with E-state index < -0.39 is 0 Å². The molecule has 3 nitrogen and oxygen atoms in total. The molecule has 0 spiro atoms. The van der Waals surface area contributed by atoms with Crippen LogP contribution < -0.4 is 10.5 Å². The molecule has 0 aromatic heterocycles. The van der Waals surface area contributed by atoms with Crippen LogP contribution in [0.15, 0.2) is 42.5 Å². The highest BCUT2D eigenvalue weighted by Crippen LogP contribution is 2.22. The van der Waals surface area contributed by atoms with Gasteiger partial charge in [-0.1, -0.05) is 24.3 Å². The summed E-state index contributed by atoms with van der Waals surface area (Å²) in [6.45, 7) is 1.89. The molecule has 3 heteroatoms. The van der Waals surface area contributed by atoms with Crippen LogP contribution in [0.5, 0.6) is 5.75 Å². The Morgan fingerprint density at radius 1 is 1.17 bits per heavy atom. The van der Waals surface area contributed by atoms with Crippen LogP contribution in [0.2, 0.25) is 0 Å². The highest BCUT2D eigenvalue weighted by Gasteiger charge is 2.13. The maximum atomic E-state index is 12.4. The average molecular weight is 241 g/mol. The van der Waals surface area contributed by atoms with Crippen molar-refractivity contribution in [2.24, 2.45) is 0 Å². The first-order chi connectivity index (χ1) is 8.63. The van der Waals surface area contributed by atoms with Crippen LogP contribution in [0.25, 0.3) is 0 Å². The second kappa shape index (κ2) is 4.92. The molecule has 0 atom stereocenters. The standard InChI is InChI=1S/C15H15NO2/c1-10-5-3-8-13(14(10)16)15(17)11-6-4-7-12(9-11)18-2/h3-9H,16H2,1-2H3. The molecule has 0 unspecified atom stereocenters. The fraction of sp³-hybridized carbons (Fsp3) is 0.133. The van der Waals surface area contributed by atoms with Crippen molar-refractivity contribution in [2.75, 3.05) is 12.8 Å². The number of methoxy groups -OCH3 is 1. The van der Waals surface area contributed by atoms with Gasteiger partial charge in [-0.3, -0.25) is 4.79 Å². The number of ketones is 1. The highest BCUT2D eigenvalue weighted by molar-refractivity contribution is 6.12. The number of hydrogen-bond donors (Lipinski definition) is 1. The van der Waals surface area contributed by atoms with Crippen LogP contribution in [-0.4, -0.2) is 12.9 Å². The predicted octanol–water partition coefficient (Wildman–Crippen LogP) is 2.82. The van der Waals surface area contributed by atoms with Crippen LogP contribution in [-0.2, 0) is 0 Å². The van der Waals surface area contributed by atoms with Gasteiger partial charge in [0, 0.05) is 16.8 Å². The van der Waals surface area contributed by atoms with Gasteiger partial charge in [-0.25, -0.2) is 0 Å². The number of rotatable bonds is 3. The lowest BCUT2D eigenvalue weighted by molar-refractivity contribution is 0.103. The van der Waals surface area contributed by atoms with Crippen molar-refractivity contribution in [3.63, 3.8) is 0 Å². The normalized spacial score (nSPS) is 10.1. The first kappa shape index (κ1) is 12.2. The monoisotopic (exact) mass is 241 g/mol. The Labute approximate surface area is 106 Å². The van der Waals surface area contributed by atoms with Crippen molar-refractivity contribution in [2.45, 2.75) is 6.92 Å². The number of ether oxygens (including phenoxy) is 1. The van der Waals surface area contributed by atoms with E-state index in [0.29, 0.717) is 22.6 Å². The Morgan fingerprint density at radius 2 is 1.89 bits per heavy atom. The summed E-state index contributed by atoms with van der Waals surface area (Å²) in [5.41, 5.74) is 8.48. The van der Waals surface area contributed by atoms with Crippen LogP contribution in [0.4, 0.5) is 5.69 Å². The van der Waals surface area contributed by atoms with Crippen molar-refractivity contribution in [3.05, 3.63) is 59.2 Å². The van der Waals surface area contributed by atoms with Gasteiger partial charge in [0.05, 0.1) is 7.11 Å². The molecule has 2 aromatic carbocycles. The Kier molecular flexibility index (Phi) is 3.33. The third-order valence-corrected chi connectivity index (χ3v) is 2.90. The molecule has 0 saturated heterocycles. The molecule has 0 saturated carbocycles. The van der Waals surface area contributed by atoms with E-state index >= 15 is 0 Å². The van der Waals surface area contributed by atoms with Crippen LogP contribution in [0.1, 0.15) is 21.5 Å². The van der Waals surface area contributed by atoms with Crippen LogP contribution >= 0.6 is 0 Å². The number of aryl methyl sites for hydroxylation is 1. The Hall–Kier alpha value is -2.29. The van der Waals surface area contributed by atoms with Crippen LogP contribution in [0, 0.1) is 6.92 Å². The molecule has 0 heterocycles.